The molecule has 1 aromatic carbocycles. The summed E-state index contributed by atoms with van der Waals surface area (Å²) in [5.41, 5.74) is 6.94. The molecule has 6 nitrogen and oxygen atoms in total. The number of hydrogen-bond acceptors (Lipinski definition) is 4. The Hall–Kier alpha value is -1.90. The number of rotatable bonds is 1. The van der Waals surface area contributed by atoms with Crippen molar-refractivity contribution >= 4 is 39.7 Å². The summed E-state index contributed by atoms with van der Waals surface area (Å²) >= 11 is 2.18. The van der Waals surface area contributed by atoms with Gasteiger partial charge >= 0.3 is 0 Å². The van der Waals surface area contributed by atoms with E-state index in [0.29, 0.717) is 16.9 Å². The number of H-pyrrole nitrogens is 1. The highest BCUT2D eigenvalue weighted by Crippen LogP contribution is 2.14. The Labute approximate surface area is 115 Å². The number of aromatic nitrogens is 4. The second kappa shape index (κ2) is 4.09. The van der Waals surface area contributed by atoms with Crippen LogP contribution in [0.2, 0.25) is 0 Å². The Morgan fingerprint density at radius 2 is 2.22 bits per heavy atom. The second-order valence-electron chi connectivity index (χ2n) is 3.69. The van der Waals surface area contributed by atoms with Crippen molar-refractivity contribution in [3.8, 4) is 5.69 Å². The maximum Gasteiger partial charge on any atom is 0.285 e. The van der Waals surface area contributed by atoms with Gasteiger partial charge in [-0.25, -0.2) is 9.55 Å². The molecule has 0 aliphatic carbocycles. The van der Waals surface area contributed by atoms with Gasteiger partial charge in [-0.2, -0.15) is 4.98 Å². The molecule has 0 aliphatic rings. The monoisotopic (exact) mass is 353 g/mol. The van der Waals surface area contributed by atoms with Crippen molar-refractivity contribution < 1.29 is 0 Å². The van der Waals surface area contributed by atoms with Crippen LogP contribution >= 0.6 is 22.6 Å². The number of fused-ring (bicyclic) bond motifs is 1. The van der Waals surface area contributed by atoms with Crippen LogP contribution in [-0.4, -0.2) is 19.5 Å². The highest BCUT2D eigenvalue weighted by molar-refractivity contribution is 14.1. The number of nitrogens with one attached hydrogen (secondary N) is 1. The fourth-order valence-corrected chi connectivity index (χ4v) is 2.29. The minimum Gasteiger partial charge on any atom is -0.369 e. The van der Waals surface area contributed by atoms with Crippen LogP contribution in [-0.2, 0) is 0 Å². The van der Waals surface area contributed by atoms with E-state index in [4.69, 9.17) is 5.73 Å². The zero-order chi connectivity index (χ0) is 12.7. The lowest BCUT2D eigenvalue weighted by Gasteiger charge is -2.08. The average Bonchev–Trinajstić information content (AvgIpc) is 2.77. The van der Waals surface area contributed by atoms with Crippen molar-refractivity contribution in [2.45, 2.75) is 0 Å². The molecule has 0 radical (unpaired) electrons. The van der Waals surface area contributed by atoms with Crippen LogP contribution in [0.5, 0.6) is 0 Å². The van der Waals surface area contributed by atoms with Gasteiger partial charge in [0.15, 0.2) is 11.2 Å². The number of anilines is 1. The van der Waals surface area contributed by atoms with Gasteiger partial charge in [0, 0.05) is 3.57 Å². The molecule has 2 aromatic heterocycles. The Morgan fingerprint density at radius 1 is 1.39 bits per heavy atom. The van der Waals surface area contributed by atoms with Crippen LogP contribution in [0.25, 0.3) is 16.9 Å². The van der Waals surface area contributed by atoms with E-state index in [2.05, 4.69) is 37.5 Å². The summed E-state index contributed by atoms with van der Waals surface area (Å²) in [6.45, 7) is 0. The third-order valence-corrected chi connectivity index (χ3v) is 3.22. The molecule has 0 amide bonds. The lowest BCUT2D eigenvalue weighted by atomic mass is 10.3. The third-order valence-electron chi connectivity index (χ3n) is 2.55. The molecule has 0 spiro atoms. The lowest BCUT2D eigenvalue weighted by Crippen LogP contribution is -2.23. The lowest BCUT2D eigenvalue weighted by molar-refractivity contribution is 0.975. The normalized spacial score (nSPS) is 10.9. The van der Waals surface area contributed by atoms with Crippen molar-refractivity contribution in [3.05, 3.63) is 44.5 Å². The number of nitrogens with zero attached hydrogens (tertiary/aromatic N) is 3. The zero-order valence-electron chi connectivity index (χ0n) is 9.09. The van der Waals surface area contributed by atoms with Crippen molar-refractivity contribution in [2.75, 3.05) is 5.73 Å². The Bertz CT molecular complexity index is 791. The Morgan fingerprint density at radius 3 is 3.00 bits per heavy atom. The van der Waals surface area contributed by atoms with Gasteiger partial charge in [0.25, 0.3) is 5.56 Å². The van der Waals surface area contributed by atoms with Gasteiger partial charge in [0.2, 0.25) is 5.95 Å². The molecule has 3 aromatic rings. The first-order chi connectivity index (χ1) is 8.66. The number of nitrogens with two attached hydrogens (primary N) is 1. The van der Waals surface area contributed by atoms with Crippen molar-refractivity contribution in [1.82, 2.24) is 19.5 Å². The van der Waals surface area contributed by atoms with Crippen LogP contribution in [0, 0.1) is 3.57 Å². The van der Waals surface area contributed by atoms with Crippen LogP contribution < -0.4 is 11.3 Å². The number of hydrogen-bond donors (Lipinski definition) is 2. The van der Waals surface area contributed by atoms with Crippen molar-refractivity contribution in [1.29, 1.82) is 0 Å². The smallest absolute Gasteiger partial charge is 0.285 e. The van der Waals surface area contributed by atoms with Crippen LogP contribution in [0.1, 0.15) is 0 Å². The van der Waals surface area contributed by atoms with Crippen molar-refractivity contribution in [2.24, 2.45) is 0 Å². The molecule has 7 heteroatoms. The Kier molecular flexibility index (Phi) is 2.54. The molecule has 0 atom stereocenters. The minimum atomic E-state index is -0.253. The summed E-state index contributed by atoms with van der Waals surface area (Å²) in [6, 6.07) is 7.47. The quantitative estimate of drug-likeness (QED) is 0.646. The van der Waals surface area contributed by atoms with Crippen LogP contribution in [0.4, 0.5) is 5.95 Å². The number of nitrogen functional groups attached to an aromatic ring is 1. The highest BCUT2D eigenvalue weighted by atomic mass is 127. The molecule has 0 saturated carbocycles. The van der Waals surface area contributed by atoms with E-state index in [-0.39, 0.29) is 11.5 Å². The van der Waals surface area contributed by atoms with Crippen LogP contribution in [0.3, 0.4) is 0 Å². The summed E-state index contributed by atoms with van der Waals surface area (Å²) in [6.07, 6.45) is 1.43. The molecule has 3 rings (SSSR count). The zero-order valence-corrected chi connectivity index (χ0v) is 11.2. The summed E-state index contributed by atoms with van der Waals surface area (Å²) in [5.74, 6) is 0.126. The molecule has 90 valence electrons. The second-order valence-corrected chi connectivity index (χ2v) is 4.94. The van der Waals surface area contributed by atoms with Gasteiger partial charge < -0.3 is 10.7 Å². The SMILES string of the molecule is Nc1nc2nc[nH]c2c(=O)n1-c1cccc(I)c1. The fourth-order valence-electron chi connectivity index (χ4n) is 1.77. The largest absolute Gasteiger partial charge is 0.369 e. The maximum atomic E-state index is 12.3. The first kappa shape index (κ1) is 11.2. The third kappa shape index (κ3) is 1.67. The molecule has 0 unspecified atom stereocenters. The maximum absolute atomic E-state index is 12.3. The van der Waals surface area contributed by atoms with E-state index in [9.17, 15) is 4.79 Å². The van der Waals surface area contributed by atoms with Crippen molar-refractivity contribution in [3.63, 3.8) is 0 Å². The average molecular weight is 353 g/mol. The summed E-state index contributed by atoms with van der Waals surface area (Å²) in [5, 5.41) is 0. The number of aromatic amines is 1. The van der Waals surface area contributed by atoms with Gasteiger partial charge in [-0.3, -0.25) is 4.79 Å². The predicted octanol–water partition coefficient (Wildman–Crippen LogP) is 1.30. The number of benzene rings is 1. The molecule has 3 N–H and O–H groups in total. The molecule has 0 saturated heterocycles. The fraction of sp³-hybridized carbons (Fsp3) is 0. The van der Waals surface area contributed by atoms with Gasteiger partial charge in [-0.15, -0.1) is 0 Å². The van der Waals surface area contributed by atoms with Crippen LogP contribution in [0.15, 0.2) is 35.4 Å². The summed E-state index contributed by atoms with van der Waals surface area (Å²) in [4.78, 5) is 23.1. The molecule has 0 aliphatic heterocycles. The van der Waals surface area contributed by atoms with E-state index >= 15 is 0 Å². The summed E-state index contributed by atoms with van der Waals surface area (Å²) in [7, 11) is 0. The van der Waals surface area contributed by atoms with Gasteiger partial charge in [-0.1, -0.05) is 6.07 Å². The molecular weight excluding hydrogens is 345 g/mol. The van der Waals surface area contributed by atoms with Gasteiger partial charge in [0.1, 0.15) is 0 Å². The molecular formula is C11H8IN5O. The predicted molar refractivity (Wildman–Crippen MR) is 76.6 cm³/mol. The molecule has 0 bridgehead atoms. The van der Waals surface area contributed by atoms with E-state index in [1.807, 2.05) is 24.3 Å². The molecule has 0 fully saturated rings. The molecule has 18 heavy (non-hydrogen) atoms. The van der Waals surface area contributed by atoms with Gasteiger partial charge in [-0.05, 0) is 40.8 Å². The minimum absolute atomic E-state index is 0.126. The first-order valence-corrected chi connectivity index (χ1v) is 6.22. The summed E-state index contributed by atoms with van der Waals surface area (Å²) < 4.78 is 2.38. The topological polar surface area (TPSA) is 89.6 Å². The number of imidazole rings is 1. The Balaban J connectivity index is 2.38. The van der Waals surface area contributed by atoms with E-state index < -0.39 is 0 Å². The standard InChI is InChI=1S/C11H8IN5O/c12-6-2-1-3-7(4-6)17-10(18)8-9(15-5-14-8)16-11(17)13/h1-5H,(H2,13,16)(H,14,15). The number of halogens is 1. The highest BCUT2D eigenvalue weighted by Gasteiger charge is 2.12. The van der Waals surface area contributed by atoms with E-state index in [0.717, 1.165) is 3.57 Å². The molecule has 2 heterocycles. The first-order valence-electron chi connectivity index (χ1n) is 5.14. The van der Waals surface area contributed by atoms with Gasteiger partial charge in [0.05, 0.1) is 12.0 Å². The van der Waals surface area contributed by atoms with E-state index in [1.54, 1.807) is 0 Å². The van der Waals surface area contributed by atoms with E-state index in [1.165, 1.54) is 10.9 Å².